The van der Waals surface area contributed by atoms with E-state index in [0.717, 1.165) is 12.1 Å². The maximum Gasteiger partial charge on any atom is 0.326 e. The molecule has 0 radical (unpaired) electrons. The molecule has 0 amide bonds. The van der Waals surface area contributed by atoms with E-state index >= 15 is 0 Å². The van der Waals surface area contributed by atoms with Gasteiger partial charge < -0.3 is 10.5 Å². The van der Waals surface area contributed by atoms with Gasteiger partial charge in [-0.1, -0.05) is 0 Å². The Morgan fingerprint density at radius 3 is 2.17 bits per heavy atom. The summed E-state index contributed by atoms with van der Waals surface area (Å²) >= 11 is 0. The predicted octanol–water partition coefficient (Wildman–Crippen LogP) is 1.75. The molecule has 0 bridgehead atoms. The molecule has 1 aliphatic carbocycles. The summed E-state index contributed by atoms with van der Waals surface area (Å²) in [6, 6.07) is 2.09. The number of nitrogens with two attached hydrogens (primary N) is 1. The van der Waals surface area contributed by atoms with E-state index in [-0.39, 0.29) is 43.0 Å². The van der Waals surface area contributed by atoms with Gasteiger partial charge in [0, 0.05) is 12.8 Å². The molecule has 0 unspecified atom stereocenters. The molecule has 0 atom stereocenters. The Morgan fingerprint density at radius 2 is 1.78 bits per heavy atom. The minimum absolute atomic E-state index is 0. The number of carbonyl (C=O) groups excluding carboxylic acids is 1. The van der Waals surface area contributed by atoms with Crippen molar-refractivity contribution in [1.82, 2.24) is 0 Å². The number of hydrogen-bond acceptors (Lipinski definition) is 3. The summed E-state index contributed by atoms with van der Waals surface area (Å²) in [5.41, 5.74) is 4.89. The van der Waals surface area contributed by atoms with Crippen molar-refractivity contribution in [2.75, 3.05) is 6.61 Å². The van der Waals surface area contributed by atoms with Crippen LogP contribution in [0.1, 0.15) is 18.1 Å². The molecule has 2 rings (SSSR count). The molecular formula is C12H14ClF2NO2. The van der Waals surface area contributed by atoms with Crippen molar-refractivity contribution in [3.8, 4) is 0 Å². The Morgan fingerprint density at radius 1 is 1.33 bits per heavy atom. The molecule has 0 aromatic heterocycles. The van der Waals surface area contributed by atoms with Crippen molar-refractivity contribution in [3.63, 3.8) is 0 Å². The molecule has 3 nitrogen and oxygen atoms in total. The van der Waals surface area contributed by atoms with Gasteiger partial charge in [0.15, 0.2) is 0 Å². The van der Waals surface area contributed by atoms with Gasteiger partial charge in [-0.25, -0.2) is 8.78 Å². The van der Waals surface area contributed by atoms with E-state index in [2.05, 4.69) is 0 Å². The lowest BCUT2D eigenvalue weighted by Crippen LogP contribution is -2.50. The summed E-state index contributed by atoms with van der Waals surface area (Å²) in [5.74, 6) is -1.67. The van der Waals surface area contributed by atoms with Gasteiger partial charge in [-0.2, -0.15) is 0 Å². The lowest BCUT2D eigenvalue weighted by molar-refractivity contribution is -0.149. The lowest BCUT2D eigenvalue weighted by Gasteiger charge is -2.20. The third kappa shape index (κ3) is 2.33. The van der Waals surface area contributed by atoms with E-state index in [4.69, 9.17) is 10.5 Å². The second kappa shape index (κ2) is 5.20. The number of carbonyl (C=O) groups is 1. The van der Waals surface area contributed by atoms with E-state index in [1.54, 1.807) is 6.92 Å². The third-order valence-corrected chi connectivity index (χ3v) is 2.98. The SMILES string of the molecule is CCOC(=O)C1(N)Cc2c(F)ccc(F)c2C1.Cl. The molecule has 18 heavy (non-hydrogen) atoms. The van der Waals surface area contributed by atoms with E-state index in [1.165, 1.54) is 0 Å². The third-order valence-electron chi connectivity index (χ3n) is 2.98. The Kier molecular flexibility index (Phi) is 4.29. The highest BCUT2D eigenvalue weighted by atomic mass is 35.5. The molecule has 1 aromatic carbocycles. The monoisotopic (exact) mass is 277 g/mol. The lowest BCUT2D eigenvalue weighted by atomic mass is 9.97. The number of fused-ring (bicyclic) bond motifs is 1. The molecule has 0 heterocycles. The second-order valence-corrected chi connectivity index (χ2v) is 4.22. The van der Waals surface area contributed by atoms with E-state index in [9.17, 15) is 13.6 Å². The Bertz CT molecular complexity index is 448. The summed E-state index contributed by atoms with van der Waals surface area (Å²) in [6.45, 7) is 1.85. The largest absolute Gasteiger partial charge is 0.465 e. The first kappa shape index (κ1) is 14.9. The van der Waals surface area contributed by atoms with Crippen LogP contribution in [-0.4, -0.2) is 18.1 Å². The molecule has 1 aromatic rings. The topological polar surface area (TPSA) is 52.3 Å². The molecule has 0 saturated heterocycles. The van der Waals surface area contributed by atoms with Gasteiger partial charge in [-0.3, -0.25) is 4.79 Å². The zero-order valence-electron chi connectivity index (χ0n) is 9.83. The zero-order chi connectivity index (χ0) is 12.6. The van der Waals surface area contributed by atoms with Gasteiger partial charge >= 0.3 is 5.97 Å². The average Bonchev–Trinajstić information content (AvgIpc) is 2.65. The van der Waals surface area contributed by atoms with Gasteiger partial charge in [0.05, 0.1) is 6.61 Å². The standard InChI is InChI=1S/C12H13F2NO2.ClH/c1-2-17-11(16)12(15)5-7-8(6-12)10(14)4-3-9(7)13;/h3-4H,2,5-6,15H2,1H3;1H. The van der Waals surface area contributed by atoms with Crippen molar-refractivity contribution in [1.29, 1.82) is 0 Å². The van der Waals surface area contributed by atoms with Crippen LogP contribution < -0.4 is 5.73 Å². The second-order valence-electron chi connectivity index (χ2n) is 4.22. The quantitative estimate of drug-likeness (QED) is 0.838. The van der Waals surface area contributed by atoms with Gasteiger partial charge in [0.2, 0.25) is 0 Å². The molecule has 0 saturated carbocycles. The van der Waals surface area contributed by atoms with Crippen LogP contribution in [-0.2, 0) is 22.4 Å². The van der Waals surface area contributed by atoms with Crippen LogP contribution in [0.4, 0.5) is 8.78 Å². The van der Waals surface area contributed by atoms with E-state index in [1.807, 2.05) is 0 Å². The highest BCUT2D eigenvalue weighted by Gasteiger charge is 2.44. The van der Waals surface area contributed by atoms with Crippen molar-refractivity contribution in [2.45, 2.75) is 25.3 Å². The Balaban J connectivity index is 0.00000162. The number of rotatable bonds is 2. The van der Waals surface area contributed by atoms with Crippen molar-refractivity contribution in [3.05, 3.63) is 34.9 Å². The number of halogens is 3. The van der Waals surface area contributed by atoms with Crippen molar-refractivity contribution >= 4 is 18.4 Å². The van der Waals surface area contributed by atoms with Crippen LogP contribution in [0.25, 0.3) is 0 Å². The summed E-state index contributed by atoms with van der Waals surface area (Å²) in [4.78, 5) is 11.7. The van der Waals surface area contributed by atoms with E-state index in [0.29, 0.717) is 0 Å². The van der Waals surface area contributed by atoms with Crippen LogP contribution in [0.5, 0.6) is 0 Å². The molecule has 6 heteroatoms. The minimum atomic E-state index is -1.35. The van der Waals surface area contributed by atoms with Crippen molar-refractivity contribution in [2.24, 2.45) is 5.73 Å². The van der Waals surface area contributed by atoms with E-state index < -0.39 is 23.1 Å². The molecule has 1 aliphatic rings. The van der Waals surface area contributed by atoms with Crippen LogP contribution in [0, 0.1) is 11.6 Å². The Labute approximate surface area is 110 Å². The molecule has 0 aliphatic heterocycles. The summed E-state index contributed by atoms with van der Waals surface area (Å²) < 4.78 is 31.8. The normalized spacial score (nSPS) is 15.8. The van der Waals surface area contributed by atoms with Crippen LogP contribution in [0.15, 0.2) is 12.1 Å². The van der Waals surface area contributed by atoms with Gasteiger partial charge in [0.25, 0.3) is 0 Å². The van der Waals surface area contributed by atoms with Gasteiger partial charge in [-0.05, 0) is 30.2 Å². The molecule has 0 fully saturated rings. The fourth-order valence-corrected chi connectivity index (χ4v) is 2.13. The van der Waals surface area contributed by atoms with Crippen molar-refractivity contribution < 1.29 is 18.3 Å². The summed E-state index contributed by atoms with van der Waals surface area (Å²) in [5, 5.41) is 0. The molecule has 100 valence electrons. The first-order valence-corrected chi connectivity index (χ1v) is 5.40. The van der Waals surface area contributed by atoms with Crippen LogP contribution in [0.2, 0.25) is 0 Å². The maximum atomic E-state index is 13.5. The first-order valence-electron chi connectivity index (χ1n) is 5.40. The average molecular weight is 278 g/mol. The fraction of sp³-hybridized carbons (Fsp3) is 0.417. The fourth-order valence-electron chi connectivity index (χ4n) is 2.13. The molecule has 0 spiro atoms. The first-order chi connectivity index (χ1) is 7.98. The number of hydrogen-bond donors (Lipinski definition) is 1. The van der Waals surface area contributed by atoms with Gasteiger partial charge in [-0.15, -0.1) is 12.4 Å². The number of ether oxygens (including phenoxy) is 1. The Hall–Kier alpha value is -1.20. The minimum Gasteiger partial charge on any atom is -0.465 e. The number of benzene rings is 1. The smallest absolute Gasteiger partial charge is 0.326 e. The molecular weight excluding hydrogens is 264 g/mol. The maximum absolute atomic E-state index is 13.5. The predicted molar refractivity (Wildman–Crippen MR) is 64.6 cm³/mol. The van der Waals surface area contributed by atoms with Gasteiger partial charge in [0.1, 0.15) is 17.2 Å². The van der Waals surface area contributed by atoms with Crippen LogP contribution >= 0.6 is 12.4 Å². The highest BCUT2D eigenvalue weighted by Crippen LogP contribution is 2.33. The zero-order valence-corrected chi connectivity index (χ0v) is 10.7. The summed E-state index contributed by atoms with van der Waals surface area (Å²) in [7, 11) is 0. The summed E-state index contributed by atoms with van der Waals surface area (Å²) in [6.07, 6.45) is -0.0461. The van der Waals surface area contributed by atoms with Crippen LogP contribution in [0.3, 0.4) is 0 Å². The highest BCUT2D eigenvalue weighted by molar-refractivity contribution is 5.85. The molecule has 2 N–H and O–H groups in total. The number of esters is 1.